The van der Waals surface area contributed by atoms with Gasteiger partial charge in [0.2, 0.25) is 5.13 Å². The van der Waals surface area contributed by atoms with Crippen molar-refractivity contribution in [3.05, 3.63) is 96.6 Å². The molecule has 0 saturated carbocycles. The summed E-state index contributed by atoms with van der Waals surface area (Å²) in [7, 11) is 1.44. The molecule has 1 aliphatic rings. The molecule has 0 aliphatic carbocycles. The first-order chi connectivity index (χ1) is 16.4. The van der Waals surface area contributed by atoms with E-state index in [1.54, 1.807) is 12.1 Å². The lowest BCUT2D eigenvalue weighted by Gasteiger charge is -2.22. The lowest BCUT2D eigenvalue weighted by atomic mass is 9.98. The largest absolute Gasteiger partial charge is 0.494 e. The molecule has 1 unspecified atom stereocenters. The summed E-state index contributed by atoms with van der Waals surface area (Å²) in [6, 6.07) is 18.3. The zero-order valence-electron chi connectivity index (χ0n) is 17.8. The van der Waals surface area contributed by atoms with Gasteiger partial charge in [0, 0.05) is 36.5 Å². The van der Waals surface area contributed by atoms with Gasteiger partial charge in [0.25, 0.3) is 0 Å². The van der Waals surface area contributed by atoms with Gasteiger partial charge >= 0.3 is 0 Å². The summed E-state index contributed by atoms with van der Waals surface area (Å²) in [5, 5.41) is 10.6. The minimum atomic E-state index is -0.433. The Balaban J connectivity index is 1.55. The lowest BCUT2D eigenvalue weighted by molar-refractivity contribution is 0.386. The van der Waals surface area contributed by atoms with E-state index < -0.39 is 5.82 Å². The second-order valence-corrected chi connectivity index (χ2v) is 10.6. The van der Waals surface area contributed by atoms with Gasteiger partial charge in [-0.2, -0.15) is 5.10 Å². The van der Waals surface area contributed by atoms with Crippen LogP contribution in [0.4, 0.5) is 9.52 Å². The van der Waals surface area contributed by atoms with Gasteiger partial charge in [0.05, 0.1) is 24.6 Å². The van der Waals surface area contributed by atoms with Crippen molar-refractivity contribution in [3.63, 3.8) is 0 Å². The first-order valence-electron chi connectivity index (χ1n) is 10.3. The molecule has 0 spiro atoms. The highest BCUT2D eigenvalue weighted by molar-refractivity contribution is 14.1. The Kier molecular flexibility index (Phi) is 6.79. The Labute approximate surface area is 224 Å². The molecule has 9 heteroatoms. The van der Waals surface area contributed by atoms with Crippen molar-refractivity contribution in [1.29, 1.82) is 0 Å². The summed E-state index contributed by atoms with van der Waals surface area (Å²) < 4.78 is 20.7. The van der Waals surface area contributed by atoms with E-state index in [0.717, 1.165) is 31.2 Å². The van der Waals surface area contributed by atoms with E-state index in [9.17, 15) is 4.39 Å². The highest BCUT2D eigenvalue weighted by Crippen LogP contribution is 2.42. The van der Waals surface area contributed by atoms with Gasteiger partial charge in [0.15, 0.2) is 11.6 Å². The summed E-state index contributed by atoms with van der Waals surface area (Å²) >= 11 is 16.5. The fraction of sp³-hybridized carbons (Fsp3) is 0.120. The molecule has 0 N–H and O–H groups in total. The molecule has 0 radical (unpaired) electrons. The molecule has 0 saturated heterocycles. The molecule has 1 aromatic heterocycles. The maximum Gasteiger partial charge on any atom is 0.207 e. The number of thiazole rings is 1. The highest BCUT2D eigenvalue weighted by atomic mass is 127. The third-order valence-electron chi connectivity index (χ3n) is 5.54. The van der Waals surface area contributed by atoms with Crippen molar-refractivity contribution in [2.45, 2.75) is 12.5 Å². The Morgan fingerprint density at radius 1 is 1.06 bits per heavy atom. The number of benzene rings is 3. The summed E-state index contributed by atoms with van der Waals surface area (Å²) in [5.41, 5.74) is 4.21. The third-order valence-corrected chi connectivity index (χ3v) is 7.66. The average Bonchev–Trinajstić information content (AvgIpc) is 3.47. The van der Waals surface area contributed by atoms with Crippen molar-refractivity contribution in [2.75, 3.05) is 12.1 Å². The van der Waals surface area contributed by atoms with Crippen LogP contribution in [0, 0.1) is 9.39 Å². The van der Waals surface area contributed by atoms with Crippen LogP contribution in [-0.2, 0) is 0 Å². The summed E-state index contributed by atoms with van der Waals surface area (Å²) in [6.07, 6.45) is 0.533. The molecule has 1 aliphatic heterocycles. The van der Waals surface area contributed by atoms with Gasteiger partial charge in [-0.15, -0.1) is 11.3 Å². The number of hydrogen-bond acceptors (Lipinski definition) is 5. The lowest BCUT2D eigenvalue weighted by Crippen LogP contribution is -2.18. The number of rotatable bonds is 5. The van der Waals surface area contributed by atoms with Gasteiger partial charge in [0.1, 0.15) is 0 Å². The number of ether oxygens (including phenoxy) is 1. The molecule has 5 rings (SSSR count). The summed E-state index contributed by atoms with van der Waals surface area (Å²) in [6.45, 7) is 0. The predicted molar refractivity (Wildman–Crippen MR) is 146 cm³/mol. The number of anilines is 1. The van der Waals surface area contributed by atoms with E-state index in [4.69, 9.17) is 38.0 Å². The van der Waals surface area contributed by atoms with E-state index in [1.807, 2.05) is 40.7 Å². The maximum atomic E-state index is 14.4. The van der Waals surface area contributed by atoms with Crippen molar-refractivity contribution < 1.29 is 9.13 Å². The van der Waals surface area contributed by atoms with Gasteiger partial charge in [-0.3, -0.25) is 0 Å². The minimum absolute atomic E-state index is 0.193. The highest BCUT2D eigenvalue weighted by Gasteiger charge is 2.33. The molecule has 1 atom stereocenters. The predicted octanol–water partition coefficient (Wildman–Crippen LogP) is 8.22. The molecule has 34 heavy (non-hydrogen) atoms. The number of hydrazone groups is 1. The zero-order valence-corrected chi connectivity index (χ0v) is 22.3. The van der Waals surface area contributed by atoms with E-state index in [-0.39, 0.29) is 11.8 Å². The molecule has 172 valence electrons. The number of halogens is 4. The van der Waals surface area contributed by atoms with Crippen LogP contribution < -0.4 is 9.75 Å². The van der Waals surface area contributed by atoms with Crippen LogP contribution in [0.15, 0.2) is 71.1 Å². The van der Waals surface area contributed by atoms with Crippen LogP contribution in [-0.4, -0.2) is 17.8 Å². The second-order valence-electron chi connectivity index (χ2n) is 7.65. The Hall–Kier alpha value is -2.20. The van der Waals surface area contributed by atoms with Crippen molar-refractivity contribution in [3.8, 4) is 17.0 Å². The van der Waals surface area contributed by atoms with Gasteiger partial charge < -0.3 is 4.74 Å². The average molecular weight is 624 g/mol. The molecule has 0 fully saturated rings. The van der Waals surface area contributed by atoms with Crippen LogP contribution in [0.5, 0.6) is 5.75 Å². The quantitative estimate of drug-likeness (QED) is 0.210. The Morgan fingerprint density at radius 2 is 1.82 bits per heavy atom. The molecular weight excluding hydrogens is 607 g/mol. The fourth-order valence-electron chi connectivity index (χ4n) is 3.84. The number of methoxy groups -OCH3 is 1. The number of hydrogen-bond donors (Lipinski definition) is 0. The van der Waals surface area contributed by atoms with Gasteiger partial charge in [-0.1, -0.05) is 41.4 Å². The van der Waals surface area contributed by atoms with E-state index in [1.165, 1.54) is 24.5 Å². The summed E-state index contributed by atoms with van der Waals surface area (Å²) in [5.74, 6) is -0.240. The van der Waals surface area contributed by atoms with Gasteiger partial charge in [-0.25, -0.2) is 14.4 Å². The normalized spacial score (nSPS) is 15.5. The molecule has 2 heterocycles. The smallest absolute Gasteiger partial charge is 0.207 e. The molecular formula is C25H17Cl2FIN3OS. The monoisotopic (exact) mass is 623 g/mol. The standard InChI is InChI=1S/C25H17Cl2FIN3OS/c1-33-24-9-4-15(10-20(24)28)21-12-23(18-8-5-16(26)11-19(18)27)32(31-21)25-30-22(13-34-25)14-2-6-17(29)7-3-14/h2-11,13,23H,12H2,1H3. The Morgan fingerprint density at radius 3 is 2.53 bits per heavy atom. The van der Waals surface area contributed by atoms with Crippen LogP contribution >= 0.6 is 57.1 Å². The molecule has 4 nitrogen and oxygen atoms in total. The van der Waals surface area contributed by atoms with E-state index in [0.29, 0.717) is 22.0 Å². The van der Waals surface area contributed by atoms with Crippen molar-refractivity contribution in [2.24, 2.45) is 5.10 Å². The first kappa shape index (κ1) is 23.5. The molecule has 3 aromatic carbocycles. The van der Waals surface area contributed by atoms with Crippen LogP contribution in [0.25, 0.3) is 11.3 Å². The zero-order chi connectivity index (χ0) is 23.8. The molecule has 4 aromatic rings. The first-order valence-corrected chi connectivity index (χ1v) is 13.0. The third kappa shape index (κ3) is 4.66. The van der Waals surface area contributed by atoms with E-state index in [2.05, 4.69) is 34.7 Å². The van der Waals surface area contributed by atoms with E-state index >= 15 is 0 Å². The van der Waals surface area contributed by atoms with Crippen LogP contribution in [0.2, 0.25) is 10.0 Å². The van der Waals surface area contributed by atoms with Gasteiger partial charge in [-0.05, 0) is 70.6 Å². The summed E-state index contributed by atoms with van der Waals surface area (Å²) in [4.78, 5) is 4.86. The Bertz CT molecular complexity index is 1390. The topological polar surface area (TPSA) is 37.7 Å². The van der Waals surface area contributed by atoms with Crippen LogP contribution in [0.1, 0.15) is 23.6 Å². The van der Waals surface area contributed by atoms with Crippen LogP contribution in [0.3, 0.4) is 0 Å². The number of aromatic nitrogens is 1. The fourth-order valence-corrected chi connectivity index (χ4v) is 5.57. The molecule has 0 amide bonds. The van der Waals surface area contributed by atoms with Crippen molar-refractivity contribution in [1.82, 2.24) is 4.98 Å². The van der Waals surface area contributed by atoms with Crippen molar-refractivity contribution >= 4 is 68.0 Å². The molecule has 0 bridgehead atoms. The minimum Gasteiger partial charge on any atom is -0.494 e. The second kappa shape index (κ2) is 9.81. The maximum absolute atomic E-state index is 14.4. The number of nitrogens with zero attached hydrogens (tertiary/aromatic N) is 3. The SMILES string of the molecule is COc1ccc(C2=NN(c3nc(-c4ccc(I)cc4)cs3)C(c3ccc(Cl)cc3Cl)C2)cc1F.